The Labute approximate surface area is 89.5 Å². The largest absolute Gasteiger partial charge is 0.440 e. The van der Waals surface area contributed by atoms with E-state index >= 15 is 0 Å². The first-order valence-electron chi connectivity index (χ1n) is 3.74. The number of anilines is 1. The maximum atomic E-state index is 5.73. The molecule has 0 saturated heterocycles. The molecule has 2 rings (SSSR count). The molecular formula is C8H6ClN3OS. The van der Waals surface area contributed by atoms with Gasteiger partial charge in [-0.05, 0) is 23.9 Å². The van der Waals surface area contributed by atoms with Crippen LogP contribution in [0.15, 0.2) is 39.3 Å². The summed E-state index contributed by atoms with van der Waals surface area (Å²) in [6, 6.07) is 3.29. The van der Waals surface area contributed by atoms with Crippen LogP contribution in [0.2, 0.25) is 5.15 Å². The Balaban J connectivity index is 2.25. The van der Waals surface area contributed by atoms with Crippen LogP contribution in [0.3, 0.4) is 0 Å². The molecule has 0 radical (unpaired) electrons. The van der Waals surface area contributed by atoms with Crippen molar-refractivity contribution in [3.8, 4) is 0 Å². The number of rotatable bonds is 2. The predicted octanol–water partition coefficient (Wildman–Crippen LogP) is 2.46. The van der Waals surface area contributed by atoms with Crippen molar-refractivity contribution in [1.29, 1.82) is 0 Å². The fourth-order valence-electron chi connectivity index (χ4n) is 0.894. The monoisotopic (exact) mass is 227 g/mol. The molecular weight excluding hydrogens is 222 g/mol. The van der Waals surface area contributed by atoms with E-state index in [1.54, 1.807) is 18.3 Å². The van der Waals surface area contributed by atoms with E-state index in [9.17, 15) is 0 Å². The Morgan fingerprint density at radius 3 is 2.93 bits per heavy atom. The quantitative estimate of drug-likeness (QED) is 0.799. The van der Waals surface area contributed by atoms with Crippen LogP contribution >= 0.6 is 23.4 Å². The molecule has 0 aliphatic carbocycles. The summed E-state index contributed by atoms with van der Waals surface area (Å²) in [5.74, 6) is 0. The molecule has 0 bridgehead atoms. The minimum absolute atomic E-state index is 0.360. The van der Waals surface area contributed by atoms with Crippen LogP contribution in [0.1, 0.15) is 0 Å². The van der Waals surface area contributed by atoms with Crippen molar-refractivity contribution in [3.63, 3.8) is 0 Å². The molecule has 2 N–H and O–H groups in total. The average molecular weight is 228 g/mol. The van der Waals surface area contributed by atoms with Crippen molar-refractivity contribution in [2.24, 2.45) is 0 Å². The number of oxazole rings is 1. The molecule has 0 unspecified atom stereocenters. The normalized spacial score (nSPS) is 10.4. The van der Waals surface area contributed by atoms with E-state index in [0.29, 0.717) is 21.1 Å². The van der Waals surface area contributed by atoms with E-state index in [2.05, 4.69) is 9.97 Å². The van der Waals surface area contributed by atoms with Gasteiger partial charge in [0.15, 0.2) is 0 Å². The minimum atomic E-state index is 0.360. The van der Waals surface area contributed by atoms with Gasteiger partial charge >= 0.3 is 0 Å². The van der Waals surface area contributed by atoms with E-state index < -0.39 is 0 Å². The third-order valence-corrected chi connectivity index (χ3v) is 2.38. The highest BCUT2D eigenvalue weighted by Crippen LogP contribution is 2.27. The van der Waals surface area contributed by atoms with Crippen LogP contribution in [-0.2, 0) is 0 Å². The van der Waals surface area contributed by atoms with E-state index in [-0.39, 0.29) is 0 Å². The van der Waals surface area contributed by atoms with Crippen molar-refractivity contribution in [3.05, 3.63) is 29.7 Å². The minimum Gasteiger partial charge on any atom is -0.440 e. The standard InChI is InChI=1S/C8H6ClN3OS/c9-6-3-5(10)4-7(12-6)14-8-11-1-2-13-8/h1-4H,(H2,10,12). The van der Waals surface area contributed by atoms with Gasteiger partial charge in [-0.2, -0.15) is 0 Å². The fraction of sp³-hybridized carbons (Fsp3) is 0. The SMILES string of the molecule is Nc1cc(Cl)nc(Sc2ncco2)c1. The van der Waals surface area contributed by atoms with Gasteiger partial charge in [-0.25, -0.2) is 9.97 Å². The number of nitrogen functional groups attached to an aromatic ring is 1. The Morgan fingerprint density at radius 2 is 2.29 bits per heavy atom. The molecule has 0 spiro atoms. The van der Waals surface area contributed by atoms with Gasteiger partial charge < -0.3 is 10.2 Å². The highest BCUT2D eigenvalue weighted by atomic mass is 35.5. The van der Waals surface area contributed by atoms with Gasteiger partial charge in [0.05, 0.1) is 6.20 Å². The number of nitrogens with zero attached hydrogens (tertiary/aromatic N) is 2. The number of pyridine rings is 1. The first kappa shape index (κ1) is 9.36. The number of halogens is 1. The molecule has 0 fully saturated rings. The second kappa shape index (κ2) is 3.89. The fourth-order valence-corrected chi connectivity index (χ4v) is 1.90. The molecule has 6 heteroatoms. The third-order valence-electron chi connectivity index (χ3n) is 1.39. The zero-order valence-corrected chi connectivity index (χ0v) is 8.55. The van der Waals surface area contributed by atoms with Gasteiger partial charge in [-0.3, -0.25) is 0 Å². The van der Waals surface area contributed by atoms with Gasteiger partial charge in [0.1, 0.15) is 16.4 Å². The van der Waals surface area contributed by atoms with Gasteiger partial charge in [0, 0.05) is 5.69 Å². The van der Waals surface area contributed by atoms with Crippen LogP contribution in [0.25, 0.3) is 0 Å². The highest BCUT2D eigenvalue weighted by Gasteiger charge is 2.04. The predicted molar refractivity (Wildman–Crippen MR) is 54.3 cm³/mol. The summed E-state index contributed by atoms with van der Waals surface area (Å²) in [4.78, 5) is 8.00. The van der Waals surface area contributed by atoms with E-state index in [1.807, 2.05) is 0 Å². The van der Waals surface area contributed by atoms with E-state index in [0.717, 1.165) is 0 Å². The average Bonchev–Trinajstić information content (AvgIpc) is 2.54. The smallest absolute Gasteiger partial charge is 0.261 e. The lowest BCUT2D eigenvalue weighted by molar-refractivity contribution is 0.454. The Morgan fingerprint density at radius 1 is 1.43 bits per heavy atom. The lowest BCUT2D eigenvalue weighted by Gasteiger charge is -1.98. The molecule has 2 aromatic heterocycles. The number of nitrogens with two attached hydrogens (primary N) is 1. The molecule has 0 aliphatic heterocycles. The highest BCUT2D eigenvalue weighted by molar-refractivity contribution is 7.99. The summed E-state index contributed by atoms with van der Waals surface area (Å²) in [6.07, 6.45) is 3.06. The van der Waals surface area contributed by atoms with Crippen molar-refractivity contribution >= 4 is 29.1 Å². The maximum absolute atomic E-state index is 5.73. The lowest BCUT2D eigenvalue weighted by atomic mass is 10.4. The van der Waals surface area contributed by atoms with Gasteiger partial charge in [-0.1, -0.05) is 11.6 Å². The summed E-state index contributed by atoms with van der Waals surface area (Å²) in [5.41, 5.74) is 6.17. The molecule has 0 amide bonds. The third kappa shape index (κ3) is 2.18. The van der Waals surface area contributed by atoms with Crippen molar-refractivity contribution in [2.45, 2.75) is 10.2 Å². The molecule has 0 atom stereocenters. The van der Waals surface area contributed by atoms with Crippen molar-refractivity contribution < 1.29 is 4.42 Å². The van der Waals surface area contributed by atoms with Crippen molar-refractivity contribution in [1.82, 2.24) is 9.97 Å². The second-order valence-electron chi connectivity index (χ2n) is 2.46. The summed E-state index contributed by atoms with van der Waals surface area (Å²) < 4.78 is 5.05. The Kier molecular flexibility index (Phi) is 2.60. The zero-order chi connectivity index (χ0) is 9.97. The summed E-state index contributed by atoms with van der Waals surface area (Å²) >= 11 is 7.00. The molecule has 72 valence electrons. The first-order chi connectivity index (χ1) is 6.74. The molecule has 0 aliphatic rings. The number of aromatic nitrogens is 2. The maximum Gasteiger partial charge on any atom is 0.261 e. The number of hydrogen-bond donors (Lipinski definition) is 1. The van der Waals surface area contributed by atoms with Crippen LogP contribution < -0.4 is 5.73 Å². The van der Waals surface area contributed by atoms with Crippen molar-refractivity contribution in [2.75, 3.05) is 5.73 Å². The van der Waals surface area contributed by atoms with Gasteiger partial charge in [-0.15, -0.1) is 0 Å². The molecule has 0 aromatic carbocycles. The topological polar surface area (TPSA) is 64.9 Å². The molecule has 4 nitrogen and oxygen atoms in total. The lowest BCUT2D eigenvalue weighted by Crippen LogP contribution is -1.88. The van der Waals surface area contributed by atoms with E-state index in [1.165, 1.54) is 18.0 Å². The van der Waals surface area contributed by atoms with Crippen LogP contribution in [0, 0.1) is 0 Å². The van der Waals surface area contributed by atoms with Crippen LogP contribution in [0.4, 0.5) is 5.69 Å². The number of hydrogen-bond acceptors (Lipinski definition) is 5. The Bertz CT molecular complexity index is 412. The zero-order valence-electron chi connectivity index (χ0n) is 6.98. The Hall–Kier alpha value is -1.20. The first-order valence-corrected chi connectivity index (χ1v) is 4.94. The van der Waals surface area contributed by atoms with Gasteiger partial charge in [0.2, 0.25) is 0 Å². The van der Waals surface area contributed by atoms with Crippen LogP contribution in [0.5, 0.6) is 0 Å². The van der Waals surface area contributed by atoms with Gasteiger partial charge in [0.25, 0.3) is 5.22 Å². The summed E-state index contributed by atoms with van der Waals surface area (Å²) in [6.45, 7) is 0. The second-order valence-corrected chi connectivity index (χ2v) is 3.82. The van der Waals surface area contributed by atoms with E-state index in [4.69, 9.17) is 21.8 Å². The molecule has 2 aromatic rings. The molecule has 0 saturated carbocycles. The summed E-state index contributed by atoms with van der Waals surface area (Å²) in [7, 11) is 0. The molecule has 2 heterocycles. The van der Waals surface area contributed by atoms with Crippen LogP contribution in [-0.4, -0.2) is 9.97 Å². The molecule has 14 heavy (non-hydrogen) atoms. The summed E-state index contributed by atoms with van der Waals surface area (Å²) in [5, 5.41) is 1.54.